The second-order valence-electron chi connectivity index (χ2n) is 10.5. The van der Waals surface area contributed by atoms with E-state index in [0.717, 1.165) is 56.2 Å². The van der Waals surface area contributed by atoms with E-state index in [1.54, 1.807) is 6.20 Å². The molecule has 11 nitrogen and oxygen atoms in total. The molecule has 2 aliphatic carbocycles. The van der Waals surface area contributed by atoms with Gasteiger partial charge in [-0.05, 0) is 39.7 Å². The van der Waals surface area contributed by atoms with Crippen LogP contribution < -0.4 is 15.5 Å². The van der Waals surface area contributed by atoms with Gasteiger partial charge in [0.25, 0.3) is 0 Å². The highest BCUT2D eigenvalue weighted by molar-refractivity contribution is 5.69. The molecule has 0 bridgehead atoms. The molecule has 3 fully saturated rings. The Balaban J connectivity index is 1.14. The lowest BCUT2D eigenvalue weighted by atomic mass is 10.0. The van der Waals surface area contributed by atoms with Crippen LogP contribution in [-0.4, -0.2) is 86.6 Å². The van der Waals surface area contributed by atoms with Crippen LogP contribution >= 0.6 is 0 Å². The molecular formula is C24H32FN9O2. The summed E-state index contributed by atoms with van der Waals surface area (Å²) in [5.74, 6) is 1.95. The Morgan fingerprint density at radius 1 is 1.22 bits per heavy atom. The molecule has 6 rings (SSSR count). The number of hydrogen-bond donors (Lipinski definition) is 3. The first-order chi connectivity index (χ1) is 17.3. The van der Waals surface area contributed by atoms with E-state index in [4.69, 9.17) is 9.72 Å². The third-order valence-electron chi connectivity index (χ3n) is 7.57. The van der Waals surface area contributed by atoms with Crippen LogP contribution in [0.5, 0.6) is 0 Å². The molecule has 3 N–H and O–H groups in total. The molecule has 0 unspecified atom stereocenters. The van der Waals surface area contributed by atoms with Gasteiger partial charge in [0.1, 0.15) is 23.7 Å². The second kappa shape index (κ2) is 8.91. The number of anilines is 3. The highest BCUT2D eigenvalue weighted by Crippen LogP contribution is 2.39. The first kappa shape index (κ1) is 23.0. The van der Waals surface area contributed by atoms with Gasteiger partial charge in [-0.2, -0.15) is 10.1 Å². The number of alkyl halides is 1. The number of aromatic amines is 1. The number of imidazole rings is 1. The largest absolute Gasteiger partial charge is 0.443 e. The zero-order valence-corrected chi connectivity index (χ0v) is 20.6. The molecule has 1 aliphatic heterocycles. The van der Waals surface area contributed by atoms with Gasteiger partial charge < -0.3 is 25.2 Å². The molecule has 36 heavy (non-hydrogen) atoms. The summed E-state index contributed by atoms with van der Waals surface area (Å²) in [5, 5.41) is 13.5. The Morgan fingerprint density at radius 3 is 2.81 bits per heavy atom. The van der Waals surface area contributed by atoms with Gasteiger partial charge in [0.2, 0.25) is 5.95 Å². The minimum Gasteiger partial charge on any atom is -0.443 e. The highest BCUT2D eigenvalue weighted by Gasteiger charge is 2.42. The average molecular weight is 498 g/mol. The molecule has 2 saturated carbocycles. The van der Waals surface area contributed by atoms with Crippen LogP contribution in [-0.2, 0) is 4.74 Å². The molecule has 1 saturated heterocycles. The highest BCUT2D eigenvalue weighted by atomic mass is 19.1. The number of aromatic nitrogens is 5. The summed E-state index contributed by atoms with van der Waals surface area (Å²) in [5.41, 5.74) is 1.41. The van der Waals surface area contributed by atoms with Crippen molar-refractivity contribution in [3.8, 4) is 0 Å². The molecule has 12 heteroatoms. The molecule has 3 atom stereocenters. The summed E-state index contributed by atoms with van der Waals surface area (Å²) in [6.45, 7) is 5.73. The lowest BCUT2D eigenvalue weighted by molar-refractivity contribution is 0.0583. The van der Waals surface area contributed by atoms with Gasteiger partial charge in [-0.3, -0.25) is 9.50 Å². The first-order valence-electron chi connectivity index (χ1n) is 12.6. The topological polar surface area (TPSA) is 116 Å². The van der Waals surface area contributed by atoms with E-state index in [9.17, 15) is 9.18 Å². The maximum absolute atomic E-state index is 14.7. The van der Waals surface area contributed by atoms with Crippen molar-refractivity contribution in [1.29, 1.82) is 0 Å². The number of hydrogen-bond acceptors (Lipinski definition) is 8. The second-order valence-corrected chi connectivity index (χ2v) is 10.5. The molecule has 3 aromatic rings. The van der Waals surface area contributed by atoms with Crippen molar-refractivity contribution in [3.63, 3.8) is 0 Å². The Bertz CT molecular complexity index is 1250. The Hall–Kier alpha value is -3.41. The minimum absolute atomic E-state index is 0.116. The summed E-state index contributed by atoms with van der Waals surface area (Å²) < 4.78 is 22.0. The van der Waals surface area contributed by atoms with Crippen molar-refractivity contribution < 1.29 is 13.9 Å². The molecule has 4 heterocycles. The van der Waals surface area contributed by atoms with Crippen LogP contribution in [0.25, 0.3) is 5.65 Å². The summed E-state index contributed by atoms with van der Waals surface area (Å²) in [7, 11) is 2.12. The van der Waals surface area contributed by atoms with E-state index in [0.29, 0.717) is 18.2 Å². The van der Waals surface area contributed by atoms with Crippen LogP contribution in [0.3, 0.4) is 0 Å². The van der Waals surface area contributed by atoms with Gasteiger partial charge in [0.05, 0.1) is 0 Å². The fourth-order valence-corrected chi connectivity index (χ4v) is 4.97. The monoisotopic (exact) mass is 497 g/mol. The van der Waals surface area contributed by atoms with Crippen molar-refractivity contribution >= 4 is 29.3 Å². The summed E-state index contributed by atoms with van der Waals surface area (Å²) in [4.78, 5) is 26.0. The fourth-order valence-electron chi connectivity index (χ4n) is 4.97. The lowest BCUT2D eigenvalue weighted by Gasteiger charge is -2.33. The van der Waals surface area contributed by atoms with Gasteiger partial charge in [-0.1, -0.05) is 0 Å². The molecule has 0 spiro atoms. The minimum atomic E-state index is -1.21. The van der Waals surface area contributed by atoms with E-state index in [2.05, 4.69) is 42.7 Å². The van der Waals surface area contributed by atoms with Crippen molar-refractivity contribution in [2.45, 2.75) is 56.3 Å². The quantitative estimate of drug-likeness (QED) is 0.476. The number of carbonyl (C=O) groups is 1. The van der Waals surface area contributed by atoms with E-state index in [1.807, 2.05) is 29.7 Å². The third kappa shape index (κ3) is 4.69. The zero-order valence-electron chi connectivity index (χ0n) is 20.6. The molecule has 1 amide bonds. The number of nitrogens with zero attached hydrogens (tertiary/aromatic N) is 6. The maximum atomic E-state index is 14.7. The van der Waals surface area contributed by atoms with Crippen molar-refractivity contribution in [1.82, 2.24) is 34.8 Å². The van der Waals surface area contributed by atoms with Gasteiger partial charge in [-0.15, -0.1) is 0 Å². The number of alkyl carbamates (subject to hydrolysis) is 1. The molecular weight excluding hydrogens is 465 g/mol. The number of carbonyl (C=O) groups excluding carboxylic acids is 1. The van der Waals surface area contributed by atoms with Crippen LogP contribution in [0.4, 0.5) is 26.8 Å². The number of rotatable bonds is 6. The normalized spacial score (nSPS) is 25.8. The van der Waals surface area contributed by atoms with E-state index in [1.165, 1.54) is 0 Å². The number of H-pyrrole nitrogens is 1. The summed E-state index contributed by atoms with van der Waals surface area (Å²) >= 11 is 0. The zero-order chi connectivity index (χ0) is 24.9. The van der Waals surface area contributed by atoms with Crippen molar-refractivity contribution in [2.24, 2.45) is 0 Å². The van der Waals surface area contributed by atoms with Crippen LogP contribution in [0.2, 0.25) is 0 Å². The predicted molar refractivity (Wildman–Crippen MR) is 132 cm³/mol. The predicted octanol–water partition coefficient (Wildman–Crippen LogP) is 2.81. The molecule has 3 aliphatic rings. The maximum Gasteiger partial charge on any atom is 0.407 e. The van der Waals surface area contributed by atoms with Crippen LogP contribution in [0.15, 0.2) is 24.5 Å². The standard InChI is InChI=1S/C24H32FN9O2/c1-24(3-4-24)29-23(35)36-18-12-15(11-16(18)25)17-13-19(31-30-17)27-22-28-21(14-20-26-5-6-34(20)22)33-9-7-32(2)8-10-33/h5-6,13-16,18H,3-4,7-12H2,1-2H3,(H,29,35)(H2,27,28,30,31)/t15-,16+,18-/m0/s1. The van der Waals surface area contributed by atoms with Gasteiger partial charge >= 0.3 is 6.09 Å². The average Bonchev–Trinajstić information content (AvgIpc) is 3.23. The number of nitrogens with one attached hydrogen (secondary N) is 3. The number of fused-ring (bicyclic) bond motifs is 1. The van der Waals surface area contributed by atoms with E-state index >= 15 is 0 Å². The smallest absolute Gasteiger partial charge is 0.407 e. The number of piperazine rings is 1. The van der Waals surface area contributed by atoms with Crippen molar-refractivity contribution in [3.05, 3.63) is 30.2 Å². The van der Waals surface area contributed by atoms with E-state index < -0.39 is 18.4 Å². The first-order valence-corrected chi connectivity index (χ1v) is 12.6. The number of ether oxygens (including phenoxy) is 1. The number of likely N-dealkylation sites (N-methyl/N-ethyl adjacent to an activating group) is 1. The SMILES string of the molecule is CN1CCN(c2cc3nccn3c(Nc3cc([C@H]4C[C@@H](F)[C@@H](OC(=O)NC5(C)CC5)C4)[nH]n3)n2)CC1. The Kier molecular flexibility index (Phi) is 5.70. The molecule has 0 radical (unpaired) electrons. The Labute approximate surface area is 208 Å². The third-order valence-corrected chi connectivity index (χ3v) is 7.57. The van der Waals surface area contributed by atoms with Crippen LogP contribution in [0, 0.1) is 0 Å². The van der Waals surface area contributed by atoms with E-state index in [-0.39, 0.29) is 17.9 Å². The van der Waals surface area contributed by atoms with Crippen molar-refractivity contribution in [2.75, 3.05) is 43.4 Å². The Morgan fingerprint density at radius 2 is 2.03 bits per heavy atom. The number of halogens is 1. The molecule has 0 aromatic carbocycles. The van der Waals surface area contributed by atoms with Crippen LogP contribution in [0.1, 0.15) is 44.2 Å². The lowest BCUT2D eigenvalue weighted by Crippen LogP contribution is -2.44. The summed E-state index contributed by atoms with van der Waals surface area (Å²) in [6, 6.07) is 3.87. The van der Waals surface area contributed by atoms with Gasteiger partial charge in [0.15, 0.2) is 5.82 Å². The summed E-state index contributed by atoms with van der Waals surface area (Å²) in [6.07, 6.45) is 3.64. The van der Waals surface area contributed by atoms with Gasteiger partial charge in [-0.25, -0.2) is 14.2 Å². The molecule has 192 valence electrons. The fraction of sp³-hybridized carbons (Fsp3) is 0.583. The number of amides is 1. The molecule has 3 aromatic heterocycles. The van der Waals surface area contributed by atoms with Gasteiger partial charge in [0, 0.05) is 67.9 Å².